The zero-order chi connectivity index (χ0) is 23.3. The maximum absolute atomic E-state index is 12.4. The molecule has 0 spiro atoms. The van der Waals surface area contributed by atoms with Crippen LogP contribution >= 0.6 is 23.4 Å². The molecule has 7 nitrogen and oxygen atoms in total. The van der Waals surface area contributed by atoms with E-state index in [1.165, 1.54) is 11.8 Å². The number of benzene rings is 3. The van der Waals surface area contributed by atoms with E-state index in [1.807, 2.05) is 77.4 Å². The summed E-state index contributed by atoms with van der Waals surface area (Å²) in [5, 5.41) is 13.1. The average Bonchev–Trinajstić information content (AvgIpc) is 3.50. The maximum Gasteiger partial charge on any atom is 0.231 e. The summed E-state index contributed by atoms with van der Waals surface area (Å²) >= 11 is 7.91. The Labute approximate surface area is 206 Å². The molecule has 172 valence electrons. The first kappa shape index (κ1) is 22.3. The Kier molecular flexibility index (Phi) is 6.69. The van der Waals surface area contributed by atoms with E-state index in [9.17, 15) is 4.79 Å². The minimum absolute atomic E-state index is 0.0396. The van der Waals surface area contributed by atoms with Crippen molar-refractivity contribution in [2.45, 2.75) is 18.1 Å². The van der Waals surface area contributed by atoms with Gasteiger partial charge in [-0.2, -0.15) is 0 Å². The van der Waals surface area contributed by atoms with Crippen LogP contribution in [0.25, 0.3) is 17.1 Å². The Balaban J connectivity index is 1.25. The quantitative estimate of drug-likeness (QED) is 0.344. The molecular weight excluding hydrogens is 472 g/mol. The van der Waals surface area contributed by atoms with E-state index >= 15 is 0 Å². The Morgan fingerprint density at radius 3 is 2.65 bits per heavy atom. The SMILES string of the molecule is O=C(CCSc1nnc(-c2ccccc2Cl)n1-c1ccccc1)NCc1ccc2c(c1)OCO2. The predicted octanol–water partition coefficient (Wildman–Crippen LogP) is 5.12. The van der Waals surface area contributed by atoms with Crippen molar-refractivity contribution >= 4 is 29.3 Å². The van der Waals surface area contributed by atoms with Gasteiger partial charge in [-0.05, 0) is 42.0 Å². The van der Waals surface area contributed by atoms with Crippen molar-refractivity contribution in [2.75, 3.05) is 12.5 Å². The summed E-state index contributed by atoms with van der Waals surface area (Å²) in [6.45, 7) is 0.658. The average molecular weight is 493 g/mol. The topological polar surface area (TPSA) is 78.3 Å². The zero-order valence-electron chi connectivity index (χ0n) is 18.1. The molecule has 0 aliphatic carbocycles. The molecule has 4 aromatic rings. The number of nitrogens with one attached hydrogen (secondary N) is 1. The van der Waals surface area contributed by atoms with Crippen molar-refractivity contribution in [1.82, 2.24) is 20.1 Å². The highest BCUT2D eigenvalue weighted by Crippen LogP contribution is 2.33. The van der Waals surface area contributed by atoms with Crippen LogP contribution in [0.15, 0.2) is 78.0 Å². The largest absolute Gasteiger partial charge is 0.454 e. The second-order valence-corrected chi connectivity index (χ2v) is 8.99. The van der Waals surface area contributed by atoms with Crippen LogP contribution in [-0.4, -0.2) is 33.2 Å². The summed E-state index contributed by atoms with van der Waals surface area (Å²) in [6.07, 6.45) is 0.346. The van der Waals surface area contributed by atoms with Crippen LogP contribution in [0.5, 0.6) is 11.5 Å². The molecular formula is C25H21ClN4O3S. The van der Waals surface area contributed by atoms with Crippen molar-refractivity contribution in [3.8, 4) is 28.6 Å². The molecule has 1 amide bonds. The van der Waals surface area contributed by atoms with Crippen molar-refractivity contribution in [3.05, 3.63) is 83.4 Å². The van der Waals surface area contributed by atoms with Gasteiger partial charge in [-0.15, -0.1) is 10.2 Å². The molecule has 2 heterocycles. The number of carbonyl (C=O) groups is 1. The van der Waals surface area contributed by atoms with Gasteiger partial charge in [-0.25, -0.2) is 0 Å². The highest BCUT2D eigenvalue weighted by molar-refractivity contribution is 7.99. The lowest BCUT2D eigenvalue weighted by atomic mass is 10.2. The summed E-state index contributed by atoms with van der Waals surface area (Å²) in [6, 6.07) is 23.1. The van der Waals surface area contributed by atoms with Crippen LogP contribution < -0.4 is 14.8 Å². The van der Waals surface area contributed by atoms with Gasteiger partial charge in [-0.1, -0.05) is 59.8 Å². The van der Waals surface area contributed by atoms with Crippen LogP contribution in [0, 0.1) is 0 Å². The standard InChI is InChI=1S/C25H21ClN4O3S/c26-20-9-5-4-8-19(20)24-28-29-25(30(24)18-6-2-1-3-7-18)34-13-12-23(31)27-15-17-10-11-21-22(14-17)33-16-32-21/h1-11,14H,12-13,15-16H2,(H,27,31). The normalized spacial score (nSPS) is 12.0. The number of hydrogen-bond acceptors (Lipinski definition) is 6. The molecule has 9 heteroatoms. The number of hydrogen-bond donors (Lipinski definition) is 1. The van der Waals surface area contributed by atoms with Crippen molar-refractivity contribution in [1.29, 1.82) is 0 Å². The summed E-state index contributed by atoms with van der Waals surface area (Å²) in [5.41, 5.74) is 2.68. The van der Waals surface area contributed by atoms with E-state index < -0.39 is 0 Å². The Bertz CT molecular complexity index is 1310. The van der Waals surface area contributed by atoms with Crippen LogP contribution in [0.4, 0.5) is 0 Å². The number of ether oxygens (including phenoxy) is 2. The molecule has 3 aromatic carbocycles. The lowest BCUT2D eigenvalue weighted by Gasteiger charge is -2.11. The van der Waals surface area contributed by atoms with Gasteiger partial charge in [0.1, 0.15) is 0 Å². The molecule has 0 bridgehead atoms. The Morgan fingerprint density at radius 2 is 1.79 bits per heavy atom. The molecule has 1 aliphatic rings. The highest BCUT2D eigenvalue weighted by Gasteiger charge is 2.18. The van der Waals surface area contributed by atoms with E-state index in [1.54, 1.807) is 0 Å². The molecule has 0 unspecified atom stereocenters. The number of para-hydroxylation sites is 1. The van der Waals surface area contributed by atoms with E-state index in [4.69, 9.17) is 21.1 Å². The first-order valence-electron chi connectivity index (χ1n) is 10.7. The number of halogens is 1. The molecule has 0 fully saturated rings. The minimum atomic E-state index is -0.0396. The maximum atomic E-state index is 12.4. The van der Waals surface area contributed by atoms with Gasteiger partial charge in [0, 0.05) is 30.0 Å². The molecule has 1 N–H and O–H groups in total. The second-order valence-electron chi connectivity index (χ2n) is 7.52. The number of nitrogens with zero attached hydrogens (tertiary/aromatic N) is 3. The molecule has 0 atom stereocenters. The second kappa shape index (κ2) is 10.2. The number of fused-ring (bicyclic) bond motifs is 1. The number of amides is 1. The third-order valence-corrected chi connectivity index (χ3v) is 6.51. The summed E-state index contributed by atoms with van der Waals surface area (Å²) < 4.78 is 12.7. The van der Waals surface area contributed by atoms with Crippen molar-refractivity contribution in [2.24, 2.45) is 0 Å². The molecule has 0 radical (unpaired) electrons. The van der Waals surface area contributed by atoms with E-state index in [2.05, 4.69) is 15.5 Å². The van der Waals surface area contributed by atoms with Gasteiger partial charge in [0.15, 0.2) is 22.5 Å². The van der Waals surface area contributed by atoms with E-state index in [-0.39, 0.29) is 12.7 Å². The number of carbonyl (C=O) groups excluding carboxylic acids is 1. The fourth-order valence-corrected chi connectivity index (χ4v) is 4.68. The minimum Gasteiger partial charge on any atom is -0.454 e. The van der Waals surface area contributed by atoms with Gasteiger partial charge >= 0.3 is 0 Å². The molecule has 1 aromatic heterocycles. The van der Waals surface area contributed by atoms with Crippen LogP contribution in [0.2, 0.25) is 5.02 Å². The number of aromatic nitrogens is 3. The molecule has 34 heavy (non-hydrogen) atoms. The first-order valence-corrected chi connectivity index (χ1v) is 12.1. The number of thioether (sulfide) groups is 1. The van der Waals surface area contributed by atoms with E-state index in [0.29, 0.717) is 40.5 Å². The smallest absolute Gasteiger partial charge is 0.231 e. The summed E-state index contributed by atoms with van der Waals surface area (Å²) in [4.78, 5) is 12.4. The van der Waals surface area contributed by atoms with Gasteiger partial charge in [-0.3, -0.25) is 9.36 Å². The van der Waals surface area contributed by atoms with Crippen molar-refractivity contribution in [3.63, 3.8) is 0 Å². The van der Waals surface area contributed by atoms with Crippen LogP contribution in [0.1, 0.15) is 12.0 Å². The molecule has 5 rings (SSSR count). The summed E-state index contributed by atoms with van der Waals surface area (Å²) in [7, 11) is 0. The molecule has 1 aliphatic heterocycles. The fourth-order valence-electron chi connectivity index (χ4n) is 3.57. The van der Waals surface area contributed by atoms with Gasteiger partial charge in [0.2, 0.25) is 12.7 Å². The van der Waals surface area contributed by atoms with Gasteiger partial charge < -0.3 is 14.8 Å². The van der Waals surface area contributed by atoms with Crippen molar-refractivity contribution < 1.29 is 14.3 Å². The van der Waals surface area contributed by atoms with Crippen LogP contribution in [-0.2, 0) is 11.3 Å². The summed E-state index contributed by atoms with van der Waals surface area (Å²) in [5.74, 6) is 2.61. The number of rotatable bonds is 8. The van der Waals surface area contributed by atoms with Gasteiger partial charge in [0.05, 0.1) is 5.02 Å². The lowest BCUT2D eigenvalue weighted by Crippen LogP contribution is -2.23. The fraction of sp³-hybridized carbons (Fsp3) is 0.160. The molecule has 0 saturated heterocycles. The van der Waals surface area contributed by atoms with Crippen LogP contribution in [0.3, 0.4) is 0 Å². The lowest BCUT2D eigenvalue weighted by molar-refractivity contribution is -0.120. The monoisotopic (exact) mass is 492 g/mol. The third-order valence-electron chi connectivity index (χ3n) is 5.25. The predicted molar refractivity (Wildman–Crippen MR) is 132 cm³/mol. The Morgan fingerprint density at radius 1 is 1.00 bits per heavy atom. The Hall–Kier alpha value is -3.49. The first-order chi connectivity index (χ1) is 16.7. The van der Waals surface area contributed by atoms with Gasteiger partial charge in [0.25, 0.3) is 0 Å². The van der Waals surface area contributed by atoms with E-state index in [0.717, 1.165) is 22.6 Å². The molecule has 0 saturated carbocycles. The third kappa shape index (κ3) is 4.88. The highest BCUT2D eigenvalue weighted by atomic mass is 35.5. The zero-order valence-corrected chi connectivity index (χ0v) is 19.7.